The monoisotopic (exact) mass is 212 g/mol. The van der Waals surface area contributed by atoms with E-state index in [1.807, 2.05) is 0 Å². The van der Waals surface area contributed by atoms with E-state index in [9.17, 15) is 0 Å². The molecule has 0 radical (unpaired) electrons. The van der Waals surface area contributed by atoms with Gasteiger partial charge in [0.05, 0.1) is 0 Å². The van der Waals surface area contributed by atoms with Gasteiger partial charge in [0, 0.05) is 0 Å². The van der Waals surface area contributed by atoms with Gasteiger partial charge in [-0.1, -0.05) is 42.3 Å². The normalized spacial score (nSPS) is 20.8. The molecule has 1 heteroatoms. The molecule has 0 nitrogen and oxygen atoms in total. The molecule has 84 valence electrons. The fourth-order valence-corrected chi connectivity index (χ4v) is 2.70. The standard InChI is InChI=1S/C15H21B/c1-3-11(2)12-8-9-14-13(10-12)6-4-5-7-15(14)16/h7,10H,2-6,8-9,16H2,1H3. The van der Waals surface area contributed by atoms with Crippen LogP contribution in [0.4, 0.5) is 0 Å². The molecule has 0 aliphatic heterocycles. The van der Waals surface area contributed by atoms with Gasteiger partial charge in [0.2, 0.25) is 0 Å². The van der Waals surface area contributed by atoms with Crippen LogP contribution in [0.2, 0.25) is 0 Å². The van der Waals surface area contributed by atoms with E-state index in [4.69, 9.17) is 0 Å². The van der Waals surface area contributed by atoms with E-state index in [-0.39, 0.29) is 0 Å². The molecule has 2 rings (SSSR count). The van der Waals surface area contributed by atoms with Crippen LogP contribution in [0.3, 0.4) is 0 Å². The average Bonchev–Trinajstić information content (AvgIpc) is 2.50. The summed E-state index contributed by atoms with van der Waals surface area (Å²) in [6, 6.07) is 0. The lowest BCUT2D eigenvalue weighted by Crippen LogP contribution is -2.02. The average molecular weight is 212 g/mol. The molecule has 0 aromatic heterocycles. The van der Waals surface area contributed by atoms with E-state index < -0.39 is 0 Å². The highest BCUT2D eigenvalue weighted by atomic mass is 14.2. The topological polar surface area (TPSA) is 0 Å². The third kappa shape index (κ3) is 2.24. The number of hydrogen-bond acceptors (Lipinski definition) is 0. The zero-order valence-electron chi connectivity index (χ0n) is 10.6. The Hall–Kier alpha value is -0.975. The molecule has 0 heterocycles. The van der Waals surface area contributed by atoms with Gasteiger partial charge in [-0.05, 0) is 49.7 Å². The molecule has 0 fully saturated rings. The van der Waals surface area contributed by atoms with Gasteiger partial charge < -0.3 is 0 Å². The van der Waals surface area contributed by atoms with Crippen molar-refractivity contribution in [2.45, 2.75) is 45.4 Å². The van der Waals surface area contributed by atoms with Gasteiger partial charge in [0.15, 0.2) is 0 Å². The van der Waals surface area contributed by atoms with Crippen molar-refractivity contribution in [1.82, 2.24) is 0 Å². The second-order valence-corrected chi connectivity index (χ2v) is 4.91. The quantitative estimate of drug-likeness (QED) is 0.612. The summed E-state index contributed by atoms with van der Waals surface area (Å²) < 4.78 is 0. The lowest BCUT2D eigenvalue weighted by molar-refractivity contribution is 0.824. The highest BCUT2D eigenvalue weighted by molar-refractivity contribution is 6.24. The second-order valence-electron chi connectivity index (χ2n) is 4.91. The Morgan fingerprint density at radius 3 is 2.94 bits per heavy atom. The van der Waals surface area contributed by atoms with Gasteiger partial charge in [0.1, 0.15) is 7.85 Å². The summed E-state index contributed by atoms with van der Waals surface area (Å²) in [7, 11) is 2.27. The minimum Gasteiger partial charge on any atom is -0.0956 e. The molecular formula is C15H21B. The van der Waals surface area contributed by atoms with Crippen LogP contribution in [0.1, 0.15) is 45.4 Å². The van der Waals surface area contributed by atoms with Crippen molar-refractivity contribution in [1.29, 1.82) is 0 Å². The van der Waals surface area contributed by atoms with Gasteiger partial charge in [-0.3, -0.25) is 0 Å². The van der Waals surface area contributed by atoms with E-state index in [0.29, 0.717) is 0 Å². The number of rotatable bonds is 2. The minimum absolute atomic E-state index is 1.09. The smallest absolute Gasteiger partial charge is 0.0956 e. The highest BCUT2D eigenvalue weighted by Crippen LogP contribution is 2.35. The third-order valence-electron chi connectivity index (χ3n) is 3.84. The first kappa shape index (κ1) is 11.5. The van der Waals surface area contributed by atoms with E-state index >= 15 is 0 Å². The maximum atomic E-state index is 4.17. The lowest BCUT2D eigenvalue weighted by Gasteiger charge is -2.21. The van der Waals surface area contributed by atoms with Crippen molar-refractivity contribution in [3.05, 3.63) is 46.5 Å². The van der Waals surface area contributed by atoms with Crippen molar-refractivity contribution in [2.24, 2.45) is 0 Å². The molecule has 2 aliphatic carbocycles. The number of hydrogen-bond donors (Lipinski definition) is 0. The zero-order valence-corrected chi connectivity index (χ0v) is 10.6. The summed E-state index contributed by atoms with van der Waals surface area (Å²) in [6.45, 7) is 6.37. The molecule has 0 N–H and O–H groups in total. The Labute approximate surface area is 100 Å². The molecule has 2 aliphatic rings. The molecule has 0 aromatic rings. The van der Waals surface area contributed by atoms with Gasteiger partial charge in [-0.25, -0.2) is 0 Å². The summed E-state index contributed by atoms with van der Waals surface area (Å²) in [4.78, 5) is 0. The van der Waals surface area contributed by atoms with E-state index in [1.165, 1.54) is 48.7 Å². The van der Waals surface area contributed by atoms with Crippen LogP contribution < -0.4 is 0 Å². The zero-order chi connectivity index (χ0) is 11.5. The van der Waals surface area contributed by atoms with Crippen molar-refractivity contribution in [3.63, 3.8) is 0 Å². The van der Waals surface area contributed by atoms with Crippen LogP contribution in [0, 0.1) is 0 Å². The molecule has 0 amide bonds. The van der Waals surface area contributed by atoms with Gasteiger partial charge in [-0.2, -0.15) is 0 Å². The predicted molar refractivity (Wildman–Crippen MR) is 74.3 cm³/mol. The second kappa shape index (κ2) is 4.90. The van der Waals surface area contributed by atoms with Crippen molar-refractivity contribution in [3.8, 4) is 0 Å². The molecule has 0 saturated heterocycles. The molecule has 0 aromatic carbocycles. The summed E-state index contributed by atoms with van der Waals surface area (Å²) in [5, 5.41) is 0. The van der Waals surface area contributed by atoms with E-state index in [2.05, 4.69) is 33.5 Å². The maximum absolute atomic E-state index is 4.17. The highest BCUT2D eigenvalue weighted by Gasteiger charge is 2.16. The molecule has 16 heavy (non-hydrogen) atoms. The molecule has 0 atom stereocenters. The molecule has 0 spiro atoms. The minimum atomic E-state index is 1.09. The summed E-state index contributed by atoms with van der Waals surface area (Å²) >= 11 is 0. The summed E-state index contributed by atoms with van der Waals surface area (Å²) in [6.07, 6.45) is 12.1. The van der Waals surface area contributed by atoms with Crippen LogP contribution in [0.15, 0.2) is 46.5 Å². The maximum Gasteiger partial charge on any atom is 0.139 e. The fraction of sp³-hybridized carbons (Fsp3) is 0.467. The van der Waals surface area contributed by atoms with E-state index in [1.54, 1.807) is 11.1 Å². The SMILES string of the molecule is BC1=CCCCC2=C1CCC(C(=C)CC)=C2. The first-order valence-electron chi connectivity index (χ1n) is 6.50. The molecule has 0 unspecified atom stereocenters. The van der Waals surface area contributed by atoms with Gasteiger partial charge in [-0.15, -0.1) is 0 Å². The Balaban J connectivity index is 2.31. The molecular weight excluding hydrogens is 191 g/mol. The Kier molecular flexibility index (Phi) is 3.53. The number of allylic oxidation sites excluding steroid dienone is 7. The lowest BCUT2D eigenvalue weighted by atomic mass is 9.78. The summed E-state index contributed by atoms with van der Waals surface area (Å²) in [5.74, 6) is 0. The van der Waals surface area contributed by atoms with Crippen LogP contribution in [-0.2, 0) is 0 Å². The fourth-order valence-electron chi connectivity index (χ4n) is 2.70. The van der Waals surface area contributed by atoms with E-state index in [0.717, 1.165) is 6.42 Å². The van der Waals surface area contributed by atoms with Crippen LogP contribution in [0.5, 0.6) is 0 Å². The molecule has 0 bridgehead atoms. The third-order valence-corrected chi connectivity index (χ3v) is 3.84. The Morgan fingerprint density at radius 1 is 1.38 bits per heavy atom. The van der Waals surface area contributed by atoms with Crippen LogP contribution in [-0.4, -0.2) is 7.85 Å². The van der Waals surface area contributed by atoms with Gasteiger partial charge in [0.25, 0.3) is 0 Å². The van der Waals surface area contributed by atoms with Crippen molar-refractivity contribution >= 4 is 7.85 Å². The van der Waals surface area contributed by atoms with Crippen molar-refractivity contribution in [2.75, 3.05) is 0 Å². The predicted octanol–water partition coefficient (Wildman–Crippen LogP) is 3.67. The molecule has 0 saturated carbocycles. The van der Waals surface area contributed by atoms with Crippen LogP contribution in [0.25, 0.3) is 0 Å². The first-order valence-corrected chi connectivity index (χ1v) is 6.50. The Morgan fingerprint density at radius 2 is 2.19 bits per heavy atom. The Bertz CT molecular complexity index is 394. The largest absolute Gasteiger partial charge is 0.139 e. The van der Waals surface area contributed by atoms with Crippen molar-refractivity contribution < 1.29 is 0 Å². The van der Waals surface area contributed by atoms with Crippen LogP contribution >= 0.6 is 0 Å². The van der Waals surface area contributed by atoms with Gasteiger partial charge >= 0.3 is 0 Å². The summed E-state index contributed by atoms with van der Waals surface area (Å²) in [5.41, 5.74) is 7.55. The first-order chi connectivity index (χ1) is 7.72.